The van der Waals surface area contributed by atoms with Gasteiger partial charge in [-0.25, -0.2) is 4.57 Å². The van der Waals surface area contributed by atoms with Gasteiger partial charge in [0.05, 0.1) is 19.8 Å². The number of allylic oxidation sites excluding steroid dienone is 6. The fraction of sp³-hybridized carbons (Fsp3) is 0.863. The second-order valence-electron chi connectivity index (χ2n) is 17.0. The van der Waals surface area contributed by atoms with E-state index in [0.29, 0.717) is 13.0 Å². The lowest BCUT2D eigenvalue weighted by Gasteiger charge is -2.20. The number of carbonyl (C=O) groups is 1. The minimum atomic E-state index is -4.28. The molecule has 2 atom stereocenters. The first-order valence-corrected chi connectivity index (χ1v) is 27.0. The van der Waals surface area contributed by atoms with Crippen LogP contribution >= 0.6 is 7.82 Å². The molecule has 0 aliphatic rings. The highest BCUT2D eigenvalue weighted by molar-refractivity contribution is 7.47. The number of phosphoric ester groups is 1. The Morgan fingerprint density at radius 1 is 0.517 bits per heavy atom. The molecule has 0 bridgehead atoms. The van der Waals surface area contributed by atoms with Gasteiger partial charge in [-0.1, -0.05) is 230 Å². The third-order valence-corrected chi connectivity index (χ3v) is 12.1. The first-order valence-electron chi connectivity index (χ1n) is 25.5. The van der Waals surface area contributed by atoms with Crippen molar-refractivity contribution in [1.29, 1.82) is 0 Å². The Labute approximate surface area is 371 Å². The molecular formula is C51H98NO7P. The van der Waals surface area contributed by atoms with Crippen molar-refractivity contribution in [1.82, 2.24) is 0 Å². The number of esters is 1. The zero-order chi connectivity index (χ0) is 43.7. The number of rotatable bonds is 49. The molecule has 0 radical (unpaired) electrons. The van der Waals surface area contributed by atoms with Crippen LogP contribution < -0.4 is 5.73 Å². The molecule has 0 aromatic carbocycles. The number of unbranched alkanes of at least 4 members (excludes halogenated alkanes) is 30. The van der Waals surface area contributed by atoms with Crippen molar-refractivity contribution in [2.24, 2.45) is 5.73 Å². The number of phosphoric acid groups is 1. The minimum absolute atomic E-state index is 0.0964. The quantitative estimate of drug-likeness (QED) is 0.0269. The van der Waals surface area contributed by atoms with E-state index in [2.05, 4.69) is 50.3 Å². The topological polar surface area (TPSA) is 117 Å². The summed E-state index contributed by atoms with van der Waals surface area (Å²) in [6.45, 7) is 4.85. The molecule has 0 spiro atoms. The summed E-state index contributed by atoms with van der Waals surface area (Å²) in [5.41, 5.74) is 5.39. The number of nitrogens with two attached hydrogens (primary N) is 1. The van der Waals surface area contributed by atoms with Crippen LogP contribution in [0.25, 0.3) is 0 Å². The zero-order valence-corrected chi connectivity index (χ0v) is 40.3. The molecule has 354 valence electrons. The minimum Gasteiger partial charge on any atom is -0.457 e. The van der Waals surface area contributed by atoms with Crippen LogP contribution in [0, 0.1) is 0 Å². The average Bonchev–Trinajstić information content (AvgIpc) is 3.24. The third kappa shape index (κ3) is 47.8. The summed E-state index contributed by atoms with van der Waals surface area (Å²) in [5, 5.41) is 0. The van der Waals surface area contributed by atoms with Crippen LogP contribution in [0.3, 0.4) is 0 Å². The summed E-state index contributed by atoms with van der Waals surface area (Å²) in [7, 11) is -4.28. The number of ether oxygens (including phenoxy) is 2. The third-order valence-electron chi connectivity index (χ3n) is 11.1. The lowest BCUT2D eigenvalue weighted by atomic mass is 10.0. The van der Waals surface area contributed by atoms with Gasteiger partial charge in [0, 0.05) is 19.6 Å². The van der Waals surface area contributed by atoms with Gasteiger partial charge < -0.3 is 20.1 Å². The van der Waals surface area contributed by atoms with E-state index in [1.807, 2.05) is 0 Å². The van der Waals surface area contributed by atoms with Gasteiger partial charge in [-0.3, -0.25) is 13.8 Å². The summed E-state index contributed by atoms with van der Waals surface area (Å²) in [4.78, 5) is 22.6. The highest BCUT2D eigenvalue weighted by Gasteiger charge is 2.25. The van der Waals surface area contributed by atoms with Gasteiger partial charge in [0.15, 0.2) is 0 Å². The fourth-order valence-electron chi connectivity index (χ4n) is 7.37. The molecular weight excluding hydrogens is 770 g/mol. The molecule has 0 saturated carbocycles. The monoisotopic (exact) mass is 868 g/mol. The summed E-state index contributed by atoms with van der Waals surface area (Å²) in [6, 6.07) is 0. The maximum atomic E-state index is 12.6. The first kappa shape index (κ1) is 58.7. The van der Waals surface area contributed by atoms with Gasteiger partial charge in [0.25, 0.3) is 0 Å². The van der Waals surface area contributed by atoms with Crippen molar-refractivity contribution < 1.29 is 32.8 Å². The molecule has 0 rings (SSSR count). The molecule has 60 heavy (non-hydrogen) atoms. The fourth-order valence-corrected chi connectivity index (χ4v) is 8.13. The molecule has 8 nitrogen and oxygen atoms in total. The van der Waals surface area contributed by atoms with E-state index in [9.17, 15) is 14.3 Å². The lowest BCUT2D eigenvalue weighted by Crippen LogP contribution is -2.28. The number of hydrogen-bond donors (Lipinski definition) is 2. The van der Waals surface area contributed by atoms with Gasteiger partial charge in [-0.15, -0.1) is 0 Å². The SMILES string of the molecule is CC/C=C\C/C=C\C/C=C\CCCCCCCCCC(=O)OC(COCCCCCCCCCCCCCCCCCCCCCCCCCC)COP(=O)(O)OCCN. The van der Waals surface area contributed by atoms with E-state index >= 15 is 0 Å². The van der Waals surface area contributed by atoms with Gasteiger partial charge in [-0.05, 0) is 44.9 Å². The molecule has 2 unspecified atom stereocenters. The average molecular weight is 868 g/mol. The van der Waals surface area contributed by atoms with E-state index in [1.165, 1.54) is 167 Å². The second-order valence-corrected chi connectivity index (χ2v) is 18.5. The molecule has 0 fully saturated rings. The van der Waals surface area contributed by atoms with Crippen LogP contribution in [-0.2, 0) is 27.9 Å². The smallest absolute Gasteiger partial charge is 0.457 e. The van der Waals surface area contributed by atoms with E-state index in [0.717, 1.165) is 57.8 Å². The van der Waals surface area contributed by atoms with Crippen LogP contribution in [-0.4, -0.2) is 49.9 Å². The van der Waals surface area contributed by atoms with Crippen LogP contribution in [0.4, 0.5) is 0 Å². The van der Waals surface area contributed by atoms with Crippen molar-refractivity contribution in [2.45, 2.75) is 251 Å². The molecule has 0 heterocycles. The Balaban J connectivity index is 3.89. The normalized spacial score (nSPS) is 13.6. The second kappa shape index (κ2) is 48.7. The Kier molecular flexibility index (Phi) is 47.7. The van der Waals surface area contributed by atoms with Crippen LogP contribution in [0.2, 0.25) is 0 Å². The Morgan fingerprint density at radius 3 is 1.40 bits per heavy atom. The van der Waals surface area contributed by atoms with Crippen LogP contribution in [0.5, 0.6) is 0 Å². The standard InChI is InChI=1S/C51H98NO7P/c1-3-5-7-9-11-13-15-17-19-21-22-23-24-25-26-27-29-31-33-35-37-39-41-43-46-56-48-50(49-58-60(54,55)57-47-45-52)59-51(53)44-42-40-38-36-34-32-30-28-20-18-16-14-12-10-8-6-4-2/h6,8,12,14,18,20,50H,3-5,7,9-11,13,15-17,19,21-49,52H2,1-2H3,(H,54,55)/b8-6-,14-12-,20-18-. The Bertz CT molecular complexity index is 1020. The lowest BCUT2D eigenvalue weighted by molar-refractivity contribution is -0.154. The predicted octanol–water partition coefficient (Wildman–Crippen LogP) is 15.8. The van der Waals surface area contributed by atoms with E-state index in [-0.39, 0.29) is 32.3 Å². The van der Waals surface area contributed by atoms with Crippen molar-refractivity contribution in [3.8, 4) is 0 Å². The maximum Gasteiger partial charge on any atom is 0.472 e. The van der Waals surface area contributed by atoms with Gasteiger partial charge in [0.1, 0.15) is 6.10 Å². The molecule has 3 N–H and O–H groups in total. The van der Waals surface area contributed by atoms with Crippen molar-refractivity contribution >= 4 is 13.8 Å². The van der Waals surface area contributed by atoms with Crippen LogP contribution in [0.1, 0.15) is 245 Å². The Morgan fingerprint density at radius 2 is 0.933 bits per heavy atom. The molecule has 0 aromatic heterocycles. The molecule has 0 aliphatic heterocycles. The number of carbonyl (C=O) groups excluding carboxylic acids is 1. The summed E-state index contributed by atoms with van der Waals surface area (Å²) < 4.78 is 33.6. The summed E-state index contributed by atoms with van der Waals surface area (Å²) >= 11 is 0. The van der Waals surface area contributed by atoms with Crippen molar-refractivity contribution in [3.05, 3.63) is 36.5 Å². The van der Waals surface area contributed by atoms with E-state index < -0.39 is 13.9 Å². The molecule has 0 saturated heterocycles. The van der Waals surface area contributed by atoms with Gasteiger partial charge in [0.2, 0.25) is 0 Å². The molecule has 0 amide bonds. The molecule has 9 heteroatoms. The van der Waals surface area contributed by atoms with Gasteiger partial charge in [-0.2, -0.15) is 0 Å². The van der Waals surface area contributed by atoms with E-state index in [1.54, 1.807) is 0 Å². The predicted molar refractivity (Wildman–Crippen MR) is 256 cm³/mol. The van der Waals surface area contributed by atoms with Crippen molar-refractivity contribution in [3.63, 3.8) is 0 Å². The summed E-state index contributed by atoms with van der Waals surface area (Å²) in [6.07, 6.45) is 57.6. The Hall–Kier alpha value is -1.28. The van der Waals surface area contributed by atoms with Gasteiger partial charge >= 0.3 is 13.8 Å². The highest BCUT2D eigenvalue weighted by Crippen LogP contribution is 2.43. The molecule has 0 aliphatic carbocycles. The zero-order valence-electron chi connectivity index (χ0n) is 39.5. The van der Waals surface area contributed by atoms with Crippen LogP contribution in [0.15, 0.2) is 36.5 Å². The van der Waals surface area contributed by atoms with E-state index in [4.69, 9.17) is 24.3 Å². The highest BCUT2D eigenvalue weighted by atomic mass is 31.2. The largest absolute Gasteiger partial charge is 0.472 e. The number of hydrogen-bond acceptors (Lipinski definition) is 7. The van der Waals surface area contributed by atoms with Crippen molar-refractivity contribution in [2.75, 3.05) is 33.0 Å². The molecule has 0 aromatic rings. The summed E-state index contributed by atoms with van der Waals surface area (Å²) in [5.74, 6) is -0.336. The first-order chi connectivity index (χ1) is 29.4. The maximum absolute atomic E-state index is 12.6.